The van der Waals surface area contributed by atoms with Crippen LogP contribution in [0.3, 0.4) is 0 Å². The molecule has 0 saturated carbocycles. The molecule has 1 rings (SSSR count). The van der Waals surface area contributed by atoms with Crippen LogP contribution in [0.1, 0.15) is 31.9 Å². The van der Waals surface area contributed by atoms with Gasteiger partial charge in [0.1, 0.15) is 5.75 Å². The van der Waals surface area contributed by atoms with Gasteiger partial charge in [-0.05, 0) is 46.2 Å². The summed E-state index contributed by atoms with van der Waals surface area (Å²) in [5.41, 5.74) is 2.02. The topological polar surface area (TPSA) is 38.3 Å². The molecule has 17 heavy (non-hydrogen) atoms. The molecule has 0 heterocycles. The van der Waals surface area contributed by atoms with Crippen LogP contribution in [0.5, 0.6) is 5.75 Å². The molecule has 94 valence electrons. The summed E-state index contributed by atoms with van der Waals surface area (Å²) < 4.78 is 5.49. The number of rotatable bonds is 3. The second-order valence-corrected chi connectivity index (χ2v) is 5.36. The van der Waals surface area contributed by atoms with E-state index in [1.807, 2.05) is 52.8 Å². The van der Waals surface area contributed by atoms with Crippen molar-refractivity contribution in [3.63, 3.8) is 0 Å². The highest BCUT2D eigenvalue weighted by Gasteiger charge is 2.14. The van der Waals surface area contributed by atoms with E-state index < -0.39 is 0 Å². The number of aryl methyl sites for hydroxylation is 2. The highest BCUT2D eigenvalue weighted by molar-refractivity contribution is 5.78. The first-order valence-electron chi connectivity index (χ1n) is 5.79. The fraction of sp³-hybridized carbons (Fsp3) is 0.500. The summed E-state index contributed by atoms with van der Waals surface area (Å²) in [7, 11) is 0. The van der Waals surface area contributed by atoms with Gasteiger partial charge in [-0.1, -0.05) is 17.7 Å². The monoisotopic (exact) mass is 235 g/mol. The lowest BCUT2D eigenvalue weighted by Crippen LogP contribution is -2.43. The van der Waals surface area contributed by atoms with Gasteiger partial charge in [0.05, 0.1) is 0 Å². The van der Waals surface area contributed by atoms with Crippen molar-refractivity contribution in [1.82, 2.24) is 5.32 Å². The lowest BCUT2D eigenvalue weighted by atomic mass is 10.1. The standard InChI is InChI=1S/C14H21NO2/c1-10-6-7-12(11(2)8-10)17-9-13(16)15-14(3,4)5/h6-8H,9H2,1-5H3,(H,15,16). The van der Waals surface area contributed by atoms with Crippen molar-refractivity contribution in [2.75, 3.05) is 6.61 Å². The summed E-state index contributed by atoms with van der Waals surface area (Å²) in [6.45, 7) is 9.90. The van der Waals surface area contributed by atoms with Crippen molar-refractivity contribution >= 4 is 5.91 Å². The van der Waals surface area contributed by atoms with Crippen LogP contribution < -0.4 is 10.1 Å². The largest absolute Gasteiger partial charge is 0.484 e. The molecule has 0 bridgehead atoms. The Morgan fingerprint density at radius 2 is 1.94 bits per heavy atom. The zero-order valence-corrected chi connectivity index (χ0v) is 11.3. The average molecular weight is 235 g/mol. The first-order chi connectivity index (χ1) is 7.78. The molecular formula is C14H21NO2. The molecule has 3 nitrogen and oxygen atoms in total. The van der Waals surface area contributed by atoms with Gasteiger partial charge in [-0.25, -0.2) is 0 Å². The van der Waals surface area contributed by atoms with Gasteiger partial charge >= 0.3 is 0 Å². The van der Waals surface area contributed by atoms with Gasteiger partial charge in [-0.3, -0.25) is 4.79 Å². The van der Waals surface area contributed by atoms with Crippen molar-refractivity contribution in [3.05, 3.63) is 29.3 Å². The third-order valence-corrected chi connectivity index (χ3v) is 2.20. The molecule has 0 spiro atoms. The van der Waals surface area contributed by atoms with Crippen LogP contribution in [-0.2, 0) is 4.79 Å². The quantitative estimate of drug-likeness (QED) is 0.874. The van der Waals surface area contributed by atoms with Crippen LogP contribution in [-0.4, -0.2) is 18.1 Å². The lowest BCUT2D eigenvalue weighted by molar-refractivity contribution is -0.124. The number of nitrogens with one attached hydrogen (secondary N) is 1. The Kier molecular flexibility index (Phi) is 4.16. The van der Waals surface area contributed by atoms with Gasteiger partial charge < -0.3 is 10.1 Å². The molecule has 1 aromatic rings. The number of carbonyl (C=O) groups excluding carboxylic acids is 1. The van der Waals surface area contributed by atoms with E-state index in [4.69, 9.17) is 4.74 Å². The van der Waals surface area contributed by atoms with Crippen LogP contribution in [0.15, 0.2) is 18.2 Å². The molecule has 0 atom stereocenters. The Labute approximate surface area is 103 Å². The molecule has 1 aromatic carbocycles. The number of ether oxygens (including phenoxy) is 1. The predicted molar refractivity (Wildman–Crippen MR) is 69.3 cm³/mol. The Hall–Kier alpha value is -1.51. The third-order valence-electron chi connectivity index (χ3n) is 2.20. The maximum Gasteiger partial charge on any atom is 0.258 e. The Morgan fingerprint density at radius 3 is 2.47 bits per heavy atom. The van der Waals surface area contributed by atoms with Crippen LogP contribution in [0, 0.1) is 13.8 Å². The van der Waals surface area contributed by atoms with Crippen LogP contribution in [0.2, 0.25) is 0 Å². The van der Waals surface area contributed by atoms with E-state index in [2.05, 4.69) is 5.32 Å². The van der Waals surface area contributed by atoms with Gasteiger partial charge in [-0.15, -0.1) is 0 Å². The maximum atomic E-state index is 11.6. The zero-order chi connectivity index (χ0) is 13.1. The predicted octanol–water partition coefficient (Wildman–Crippen LogP) is 2.60. The number of hydrogen-bond acceptors (Lipinski definition) is 2. The molecule has 0 radical (unpaired) electrons. The SMILES string of the molecule is Cc1ccc(OCC(=O)NC(C)(C)C)c(C)c1. The number of carbonyl (C=O) groups is 1. The molecule has 0 saturated heterocycles. The van der Waals surface area contributed by atoms with E-state index in [9.17, 15) is 4.79 Å². The molecule has 0 aliphatic rings. The minimum atomic E-state index is -0.219. The molecule has 0 aromatic heterocycles. The second kappa shape index (κ2) is 5.21. The number of benzene rings is 1. The first-order valence-corrected chi connectivity index (χ1v) is 5.79. The van der Waals surface area contributed by atoms with E-state index >= 15 is 0 Å². The van der Waals surface area contributed by atoms with E-state index in [-0.39, 0.29) is 18.1 Å². The van der Waals surface area contributed by atoms with E-state index in [1.54, 1.807) is 0 Å². The summed E-state index contributed by atoms with van der Waals surface area (Å²) in [4.78, 5) is 11.6. The maximum absolute atomic E-state index is 11.6. The van der Waals surface area contributed by atoms with E-state index in [0.29, 0.717) is 0 Å². The average Bonchev–Trinajstić information content (AvgIpc) is 2.13. The highest BCUT2D eigenvalue weighted by atomic mass is 16.5. The zero-order valence-electron chi connectivity index (χ0n) is 11.3. The molecule has 0 aliphatic heterocycles. The summed E-state index contributed by atoms with van der Waals surface area (Å²) in [5, 5.41) is 2.86. The van der Waals surface area contributed by atoms with Gasteiger partial charge in [0.15, 0.2) is 6.61 Å². The normalized spacial score (nSPS) is 11.1. The number of hydrogen-bond donors (Lipinski definition) is 1. The molecule has 0 aliphatic carbocycles. The molecule has 3 heteroatoms. The summed E-state index contributed by atoms with van der Waals surface area (Å²) in [6, 6.07) is 5.91. The minimum absolute atomic E-state index is 0.0567. The van der Waals surface area contributed by atoms with Crippen molar-refractivity contribution in [3.8, 4) is 5.75 Å². The Morgan fingerprint density at radius 1 is 1.29 bits per heavy atom. The smallest absolute Gasteiger partial charge is 0.258 e. The lowest BCUT2D eigenvalue weighted by Gasteiger charge is -2.20. The number of amides is 1. The molecule has 0 unspecified atom stereocenters. The van der Waals surface area contributed by atoms with Crippen molar-refractivity contribution in [1.29, 1.82) is 0 Å². The summed E-state index contributed by atoms with van der Waals surface area (Å²) in [6.07, 6.45) is 0. The van der Waals surface area contributed by atoms with Gasteiger partial charge in [0.2, 0.25) is 0 Å². The minimum Gasteiger partial charge on any atom is -0.484 e. The third kappa shape index (κ3) is 4.89. The van der Waals surface area contributed by atoms with Crippen molar-refractivity contribution in [2.45, 2.75) is 40.2 Å². The Bertz CT molecular complexity index is 405. The molecule has 1 N–H and O–H groups in total. The van der Waals surface area contributed by atoms with Crippen LogP contribution in [0.25, 0.3) is 0 Å². The second-order valence-electron chi connectivity index (χ2n) is 5.36. The summed E-state index contributed by atoms with van der Waals surface area (Å²) >= 11 is 0. The molecule has 0 fully saturated rings. The fourth-order valence-corrected chi connectivity index (χ4v) is 1.56. The highest BCUT2D eigenvalue weighted by Crippen LogP contribution is 2.18. The summed E-state index contributed by atoms with van der Waals surface area (Å²) in [5.74, 6) is 0.664. The van der Waals surface area contributed by atoms with Gasteiger partial charge in [0.25, 0.3) is 5.91 Å². The van der Waals surface area contributed by atoms with Crippen LogP contribution in [0.4, 0.5) is 0 Å². The molecular weight excluding hydrogens is 214 g/mol. The Balaban J connectivity index is 2.53. The fourth-order valence-electron chi connectivity index (χ4n) is 1.56. The van der Waals surface area contributed by atoms with Crippen LogP contribution >= 0.6 is 0 Å². The van der Waals surface area contributed by atoms with Crippen molar-refractivity contribution in [2.24, 2.45) is 0 Å². The van der Waals surface area contributed by atoms with Crippen molar-refractivity contribution < 1.29 is 9.53 Å². The van der Waals surface area contributed by atoms with Gasteiger partial charge in [0, 0.05) is 5.54 Å². The first kappa shape index (κ1) is 13.6. The van der Waals surface area contributed by atoms with E-state index in [1.165, 1.54) is 5.56 Å². The van der Waals surface area contributed by atoms with Gasteiger partial charge in [-0.2, -0.15) is 0 Å². The molecule has 1 amide bonds. The van der Waals surface area contributed by atoms with E-state index in [0.717, 1.165) is 11.3 Å².